The maximum Gasteiger partial charge on any atom is 0.279 e. The van der Waals surface area contributed by atoms with Crippen molar-refractivity contribution in [2.75, 3.05) is 0 Å². The van der Waals surface area contributed by atoms with E-state index >= 15 is 0 Å². The SMILES string of the molecule is Cc1c([N+](=O)[O-])cc(C(=O)N[C@H]2CCCc3ccc4ccccc4c32)cc1[N+](=O)[O-]. The van der Waals surface area contributed by atoms with E-state index in [0.717, 1.165) is 53.3 Å². The van der Waals surface area contributed by atoms with Crippen LogP contribution in [0.2, 0.25) is 0 Å². The average molecular weight is 405 g/mol. The van der Waals surface area contributed by atoms with Crippen molar-refractivity contribution in [2.24, 2.45) is 0 Å². The summed E-state index contributed by atoms with van der Waals surface area (Å²) in [6.45, 7) is 1.31. The molecular formula is C22H19N3O5. The highest BCUT2D eigenvalue weighted by Crippen LogP contribution is 2.36. The maximum atomic E-state index is 13.0. The Kier molecular flexibility index (Phi) is 4.91. The number of nitrogens with zero attached hydrogens (tertiary/aromatic N) is 2. The van der Waals surface area contributed by atoms with Gasteiger partial charge >= 0.3 is 0 Å². The van der Waals surface area contributed by atoms with Crippen molar-refractivity contribution in [2.45, 2.75) is 32.2 Å². The number of aryl methyl sites for hydroxylation is 1. The Morgan fingerprint density at radius 3 is 2.37 bits per heavy atom. The molecule has 30 heavy (non-hydrogen) atoms. The fraction of sp³-hybridized carbons (Fsp3) is 0.227. The van der Waals surface area contributed by atoms with Crippen molar-refractivity contribution in [1.82, 2.24) is 5.32 Å². The Morgan fingerprint density at radius 2 is 1.70 bits per heavy atom. The number of hydrogen-bond acceptors (Lipinski definition) is 5. The molecule has 1 atom stereocenters. The van der Waals surface area contributed by atoms with Crippen LogP contribution >= 0.6 is 0 Å². The summed E-state index contributed by atoms with van der Waals surface area (Å²) in [5, 5.41) is 27.7. The van der Waals surface area contributed by atoms with Crippen LogP contribution in [-0.4, -0.2) is 15.8 Å². The normalized spacial score (nSPS) is 15.4. The average Bonchev–Trinajstić information content (AvgIpc) is 2.73. The molecule has 3 aromatic carbocycles. The second-order valence-electron chi connectivity index (χ2n) is 7.43. The number of benzene rings is 3. The van der Waals surface area contributed by atoms with Gasteiger partial charge in [0.1, 0.15) is 5.56 Å². The number of rotatable bonds is 4. The van der Waals surface area contributed by atoms with Crippen LogP contribution in [-0.2, 0) is 6.42 Å². The van der Waals surface area contributed by atoms with Crippen molar-refractivity contribution in [3.8, 4) is 0 Å². The summed E-state index contributed by atoms with van der Waals surface area (Å²) in [7, 11) is 0. The molecule has 0 saturated carbocycles. The monoisotopic (exact) mass is 405 g/mol. The van der Waals surface area contributed by atoms with Gasteiger partial charge in [-0.2, -0.15) is 0 Å². The molecule has 0 saturated heterocycles. The number of amides is 1. The first-order chi connectivity index (χ1) is 14.4. The van der Waals surface area contributed by atoms with Crippen molar-refractivity contribution in [1.29, 1.82) is 0 Å². The summed E-state index contributed by atoms with van der Waals surface area (Å²) < 4.78 is 0. The molecule has 1 N–H and O–H groups in total. The van der Waals surface area contributed by atoms with E-state index in [1.54, 1.807) is 0 Å². The van der Waals surface area contributed by atoms with Crippen LogP contribution < -0.4 is 5.32 Å². The van der Waals surface area contributed by atoms with E-state index in [1.807, 2.05) is 24.3 Å². The molecule has 8 heteroatoms. The van der Waals surface area contributed by atoms with Crippen molar-refractivity contribution < 1.29 is 14.6 Å². The van der Waals surface area contributed by atoms with Crippen LogP contribution in [0.1, 0.15) is 45.9 Å². The van der Waals surface area contributed by atoms with Gasteiger partial charge in [-0.05, 0) is 48.1 Å². The lowest BCUT2D eigenvalue weighted by molar-refractivity contribution is -0.395. The Balaban J connectivity index is 1.74. The van der Waals surface area contributed by atoms with Gasteiger partial charge in [-0.3, -0.25) is 25.0 Å². The minimum Gasteiger partial charge on any atom is -0.345 e. The van der Waals surface area contributed by atoms with Crippen molar-refractivity contribution in [3.63, 3.8) is 0 Å². The van der Waals surface area contributed by atoms with E-state index in [-0.39, 0.29) is 17.2 Å². The predicted molar refractivity (Wildman–Crippen MR) is 112 cm³/mol. The van der Waals surface area contributed by atoms with Crippen LogP contribution in [0.15, 0.2) is 48.5 Å². The highest BCUT2D eigenvalue weighted by atomic mass is 16.6. The molecule has 1 amide bonds. The molecule has 3 aromatic rings. The molecule has 0 unspecified atom stereocenters. The molecule has 0 aromatic heterocycles. The first-order valence-electron chi connectivity index (χ1n) is 9.61. The number of nitro groups is 2. The van der Waals surface area contributed by atoms with Gasteiger partial charge in [-0.15, -0.1) is 0 Å². The molecule has 1 aliphatic rings. The van der Waals surface area contributed by atoms with E-state index in [1.165, 1.54) is 6.92 Å². The van der Waals surface area contributed by atoms with Crippen LogP contribution in [0.3, 0.4) is 0 Å². The first kappa shape index (κ1) is 19.5. The summed E-state index contributed by atoms with van der Waals surface area (Å²) in [5.41, 5.74) is 1.16. The van der Waals surface area contributed by atoms with Gasteiger partial charge in [0.25, 0.3) is 17.3 Å². The fourth-order valence-corrected chi connectivity index (χ4v) is 4.19. The standard InChI is InChI=1S/C22H19N3O5/c1-13-19(24(27)28)11-16(12-20(13)25(29)30)22(26)23-18-8-4-6-15-10-9-14-5-2-3-7-17(14)21(15)18/h2-3,5,7,9-12,18H,4,6,8H2,1H3,(H,23,26)/t18-/m0/s1. The Hall–Kier alpha value is -3.81. The summed E-state index contributed by atoms with van der Waals surface area (Å²) >= 11 is 0. The lowest BCUT2D eigenvalue weighted by Gasteiger charge is -2.28. The Morgan fingerprint density at radius 1 is 1.03 bits per heavy atom. The molecule has 1 aliphatic carbocycles. The van der Waals surface area contributed by atoms with E-state index in [0.29, 0.717) is 0 Å². The third-order valence-corrected chi connectivity index (χ3v) is 5.66. The number of fused-ring (bicyclic) bond motifs is 3. The van der Waals surface area contributed by atoms with Crippen molar-refractivity contribution in [3.05, 3.63) is 91.0 Å². The van der Waals surface area contributed by atoms with Crippen LogP contribution in [0.25, 0.3) is 10.8 Å². The van der Waals surface area contributed by atoms with Crippen molar-refractivity contribution >= 4 is 28.1 Å². The summed E-state index contributed by atoms with van der Waals surface area (Å²) in [6, 6.07) is 14.0. The van der Waals surface area contributed by atoms with E-state index < -0.39 is 27.1 Å². The zero-order valence-corrected chi connectivity index (χ0v) is 16.3. The number of carbonyl (C=O) groups is 1. The molecule has 8 nitrogen and oxygen atoms in total. The molecule has 152 valence electrons. The van der Waals surface area contributed by atoms with E-state index in [9.17, 15) is 25.0 Å². The van der Waals surface area contributed by atoms with Gasteiger partial charge in [0, 0.05) is 12.1 Å². The molecular weight excluding hydrogens is 386 g/mol. The van der Waals surface area contributed by atoms with Gasteiger partial charge in [0.2, 0.25) is 0 Å². The number of carbonyl (C=O) groups excluding carboxylic acids is 1. The second kappa shape index (κ2) is 7.55. The molecule has 4 rings (SSSR count). The highest BCUT2D eigenvalue weighted by molar-refractivity contribution is 5.97. The minimum absolute atomic E-state index is 0.0736. The third kappa shape index (κ3) is 3.36. The second-order valence-corrected chi connectivity index (χ2v) is 7.43. The molecule has 0 aliphatic heterocycles. The van der Waals surface area contributed by atoms with Gasteiger partial charge < -0.3 is 5.32 Å². The highest BCUT2D eigenvalue weighted by Gasteiger charge is 2.28. The summed E-state index contributed by atoms with van der Waals surface area (Å²) in [5.74, 6) is -0.563. The Bertz CT molecular complexity index is 1170. The predicted octanol–water partition coefficient (Wildman–Crippen LogP) is 4.77. The Labute approximate surface area is 171 Å². The minimum atomic E-state index is -0.706. The topological polar surface area (TPSA) is 115 Å². The van der Waals surface area contributed by atoms with Gasteiger partial charge in [-0.1, -0.05) is 36.4 Å². The van der Waals surface area contributed by atoms with Gasteiger partial charge in [-0.25, -0.2) is 0 Å². The molecule has 0 bridgehead atoms. The van der Waals surface area contributed by atoms with E-state index in [2.05, 4.69) is 17.4 Å². The largest absolute Gasteiger partial charge is 0.345 e. The smallest absolute Gasteiger partial charge is 0.279 e. The fourth-order valence-electron chi connectivity index (χ4n) is 4.19. The summed E-state index contributed by atoms with van der Waals surface area (Å²) in [6.07, 6.45) is 2.53. The lowest BCUT2D eigenvalue weighted by atomic mass is 9.84. The molecule has 0 radical (unpaired) electrons. The van der Waals surface area contributed by atoms with Crippen LogP contribution in [0, 0.1) is 27.2 Å². The van der Waals surface area contributed by atoms with E-state index in [4.69, 9.17) is 0 Å². The number of nitrogens with one attached hydrogen (secondary N) is 1. The first-order valence-corrected chi connectivity index (χ1v) is 9.61. The quantitative estimate of drug-likeness (QED) is 0.496. The third-order valence-electron chi connectivity index (χ3n) is 5.66. The zero-order valence-electron chi connectivity index (χ0n) is 16.3. The number of nitro benzene ring substituents is 2. The molecule has 0 fully saturated rings. The maximum absolute atomic E-state index is 13.0. The lowest BCUT2D eigenvalue weighted by Crippen LogP contribution is -2.31. The summed E-state index contributed by atoms with van der Waals surface area (Å²) in [4.78, 5) is 34.2. The number of hydrogen-bond donors (Lipinski definition) is 1. The van der Waals surface area contributed by atoms with Crippen LogP contribution in [0.4, 0.5) is 11.4 Å². The van der Waals surface area contributed by atoms with Crippen LogP contribution in [0.5, 0.6) is 0 Å². The molecule has 0 heterocycles. The van der Waals surface area contributed by atoms with Gasteiger partial charge in [0.15, 0.2) is 0 Å². The zero-order chi connectivity index (χ0) is 21.4. The molecule has 0 spiro atoms. The van der Waals surface area contributed by atoms with Gasteiger partial charge in [0.05, 0.1) is 21.5 Å².